The predicted octanol–water partition coefficient (Wildman–Crippen LogP) is 2.22. The minimum Gasteiger partial charge on any atom is -0.309 e. The monoisotopic (exact) mass is 273 g/mol. The maximum Gasteiger partial charge on any atom is 0.148 e. The van der Waals surface area contributed by atoms with Gasteiger partial charge in [0.15, 0.2) is 0 Å². The number of fused-ring (bicyclic) bond motifs is 2. The van der Waals surface area contributed by atoms with Crippen LogP contribution in [0.25, 0.3) is 0 Å². The van der Waals surface area contributed by atoms with Crippen molar-refractivity contribution in [1.29, 1.82) is 0 Å². The van der Waals surface area contributed by atoms with E-state index in [1.807, 2.05) is 6.92 Å². The molecule has 2 aliphatic rings. The SMILES string of the molecule is CC(CS(C)(=O)=O)NC1C2(C)CCC(C2)C1(C)C. The normalized spacial score (nSPS) is 40.1. The molecule has 18 heavy (non-hydrogen) atoms. The van der Waals surface area contributed by atoms with E-state index in [1.54, 1.807) is 0 Å². The van der Waals surface area contributed by atoms with Crippen LogP contribution in [0.3, 0.4) is 0 Å². The van der Waals surface area contributed by atoms with E-state index >= 15 is 0 Å². The van der Waals surface area contributed by atoms with Gasteiger partial charge in [-0.05, 0) is 42.9 Å². The Morgan fingerprint density at radius 3 is 2.39 bits per heavy atom. The van der Waals surface area contributed by atoms with Crippen molar-refractivity contribution in [3.05, 3.63) is 0 Å². The first-order chi connectivity index (χ1) is 8.05. The van der Waals surface area contributed by atoms with E-state index in [9.17, 15) is 8.42 Å². The maximum absolute atomic E-state index is 11.4. The second kappa shape index (κ2) is 4.20. The molecule has 0 aromatic rings. The van der Waals surface area contributed by atoms with Crippen LogP contribution < -0.4 is 5.32 Å². The first-order valence-corrected chi connectivity index (χ1v) is 9.04. The molecule has 0 radical (unpaired) electrons. The highest BCUT2D eigenvalue weighted by molar-refractivity contribution is 7.90. The molecule has 0 spiro atoms. The van der Waals surface area contributed by atoms with Crippen molar-refractivity contribution in [1.82, 2.24) is 5.32 Å². The van der Waals surface area contributed by atoms with Crippen molar-refractivity contribution in [3.63, 3.8) is 0 Å². The van der Waals surface area contributed by atoms with Crippen molar-refractivity contribution < 1.29 is 8.42 Å². The van der Waals surface area contributed by atoms with E-state index in [0.29, 0.717) is 16.9 Å². The highest BCUT2D eigenvalue weighted by Crippen LogP contribution is 2.62. The fraction of sp³-hybridized carbons (Fsp3) is 1.00. The van der Waals surface area contributed by atoms with Gasteiger partial charge in [-0.2, -0.15) is 0 Å². The first kappa shape index (κ1) is 14.3. The van der Waals surface area contributed by atoms with Gasteiger partial charge in [0.2, 0.25) is 0 Å². The van der Waals surface area contributed by atoms with Gasteiger partial charge in [0.1, 0.15) is 9.84 Å². The Balaban J connectivity index is 2.09. The van der Waals surface area contributed by atoms with Gasteiger partial charge in [0.25, 0.3) is 0 Å². The molecule has 4 heteroatoms. The summed E-state index contributed by atoms with van der Waals surface area (Å²) in [6.45, 7) is 9.04. The third-order valence-electron chi connectivity index (χ3n) is 5.27. The van der Waals surface area contributed by atoms with Crippen LogP contribution in [0.2, 0.25) is 0 Å². The summed E-state index contributed by atoms with van der Waals surface area (Å²) in [4.78, 5) is 0. The zero-order valence-corrected chi connectivity index (χ0v) is 13.1. The predicted molar refractivity (Wildman–Crippen MR) is 75.3 cm³/mol. The summed E-state index contributed by atoms with van der Waals surface area (Å²) in [5.74, 6) is 1.03. The summed E-state index contributed by atoms with van der Waals surface area (Å²) in [5.41, 5.74) is 0.651. The molecule has 2 aliphatic carbocycles. The molecule has 1 N–H and O–H groups in total. The Kier molecular flexibility index (Phi) is 3.34. The van der Waals surface area contributed by atoms with Gasteiger partial charge in [-0.25, -0.2) is 8.42 Å². The average Bonchev–Trinajstić information content (AvgIpc) is 2.61. The molecule has 0 heterocycles. The molecule has 2 saturated carbocycles. The van der Waals surface area contributed by atoms with Crippen LogP contribution in [0.4, 0.5) is 0 Å². The van der Waals surface area contributed by atoms with Gasteiger partial charge < -0.3 is 5.32 Å². The number of sulfone groups is 1. The molecule has 4 atom stereocenters. The third kappa shape index (κ3) is 2.46. The van der Waals surface area contributed by atoms with Gasteiger partial charge in [0.05, 0.1) is 5.75 Å². The smallest absolute Gasteiger partial charge is 0.148 e. The van der Waals surface area contributed by atoms with Crippen LogP contribution in [-0.4, -0.2) is 32.5 Å². The van der Waals surface area contributed by atoms with Crippen molar-refractivity contribution >= 4 is 9.84 Å². The van der Waals surface area contributed by atoms with Crippen LogP contribution in [0.1, 0.15) is 47.0 Å². The number of hydrogen-bond acceptors (Lipinski definition) is 3. The summed E-state index contributed by atoms with van der Waals surface area (Å²) in [5, 5.41) is 3.62. The average molecular weight is 273 g/mol. The van der Waals surface area contributed by atoms with E-state index in [2.05, 4.69) is 26.1 Å². The molecule has 4 unspecified atom stereocenters. The second-order valence-electron chi connectivity index (χ2n) is 7.51. The molecule has 2 rings (SSSR count). The zero-order chi connectivity index (χ0) is 13.8. The quantitative estimate of drug-likeness (QED) is 0.854. The van der Waals surface area contributed by atoms with Crippen molar-refractivity contribution in [2.75, 3.05) is 12.0 Å². The van der Waals surface area contributed by atoms with E-state index in [4.69, 9.17) is 0 Å². The van der Waals surface area contributed by atoms with Gasteiger partial charge in [-0.3, -0.25) is 0 Å². The maximum atomic E-state index is 11.4. The minimum absolute atomic E-state index is 0.0421. The lowest BCUT2D eigenvalue weighted by Crippen LogP contribution is -2.54. The molecule has 0 aliphatic heterocycles. The second-order valence-corrected chi connectivity index (χ2v) is 9.69. The summed E-state index contributed by atoms with van der Waals surface area (Å²) >= 11 is 0. The number of hydrogen-bond donors (Lipinski definition) is 1. The van der Waals surface area contributed by atoms with Crippen molar-refractivity contribution in [2.45, 2.75) is 59.0 Å². The Morgan fingerprint density at radius 2 is 1.94 bits per heavy atom. The van der Waals surface area contributed by atoms with E-state index < -0.39 is 9.84 Å². The molecule has 2 fully saturated rings. The highest BCUT2D eigenvalue weighted by Gasteiger charge is 2.59. The molecule has 106 valence electrons. The Morgan fingerprint density at radius 1 is 1.33 bits per heavy atom. The van der Waals surface area contributed by atoms with Gasteiger partial charge in [0, 0.05) is 18.3 Å². The Bertz CT molecular complexity index is 424. The lowest BCUT2D eigenvalue weighted by molar-refractivity contribution is 0.102. The largest absolute Gasteiger partial charge is 0.309 e. The summed E-state index contributed by atoms with van der Waals surface area (Å²) in [6, 6.07) is 0.487. The van der Waals surface area contributed by atoms with Crippen LogP contribution in [0, 0.1) is 16.7 Å². The third-order valence-corrected chi connectivity index (χ3v) is 6.38. The fourth-order valence-electron chi connectivity index (χ4n) is 4.50. The van der Waals surface area contributed by atoms with Gasteiger partial charge in [-0.1, -0.05) is 20.8 Å². The molecule has 0 saturated heterocycles. The lowest BCUT2D eigenvalue weighted by atomic mass is 9.68. The number of rotatable bonds is 4. The summed E-state index contributed by atoms with van der Waals surface area (Å²) < 4.78 is 22.8. The van der Waals surface area contributed by atoms with Crippen LogP contribution in [0.5, 0.6) is 0 Å². The van der Waals surface area contributed by atoms with E-state index in [-0.39, 0.29) is 11.8 Å². The van der Waals surface area contributed by atoms with Crippen LogP contribution in [0.15, 0.2) is 0 Å². The molecule has 0 amide bonds. The highest BCUT2D eigenvalue weighted by atomic mass is 32.2. The first-order valence-electron chi connectivity index (χ1n) is 6.98. The van der Waals surface area contributed by atoms with Crippen molar-refractivity contribution in [3.8, 4) is 0 Å². The fourth-order valence-corrected chi connectivity index (χ4v) is 5.51. The van der Waals surface area contributed by atoms with Gasteiger partial charge >= 0.3 is 0 Å². The van der Waals surface area contributed by atoms with E-state index in [0.717, 1.165) is 5.92 Å². The molecule has 2 bridgehead atoms. The summed E-state index contributed by atoms with van der Waals surface area (Å²) in [6.07, 6.45) is 5.23. The van der Waals surface area contributed by atoms with Gasteiger partial charge in [-0.15, -0.1) is 0 Å². The Labute approximate surface area is 112 Å². The van der Waals surface area contributed by atoms with Crippen LogP contribution >= 0.6 is 0 Å². The standard InChI is InChI=1S/C14H27NO2S/c1-10(9-18(5,16)17)15-12-13(2,3)11-6-7-14(12,4)8-11/h10-12,15H,6-9H2,1-5H3. The zero-order valence-electron chi connectivity index (χ0n) is 12.3. The molecular weight excluding hydrogens is 246 g/mol. The van der Waals surface area contributed by atoms with E-state index in [1.165, 1.54) is 25.5 Å². The number of nitrogens with one attached hydrogen (secondary N) is 1. The topological polar surface area (TPSA) is 46.2 Å². The molecule has 3 nitrogen and oxygen atoms in total. The van der Waals surface area contributed by atoms with Crippen molar-refractivity contribution in [2.24, 2.45) is 16.7 Å². The molecular formula is C14H27NO2S. The molecule has 0 aromatic carbocycles. The Hall–Kier alpha value is -0.0900. The van der Waals surface area contributed by atoms with Crippen LogP contribution in [-0.2, 0) is 9.84 Å². The molecule has 0 aromatic heterocycles. The summed E-state index contributed by atoms with van der Waals surface area (Å²) in [7, 11) is -2.90. The lowest BCUT2D eigenvalue weighted by Gasteiger charge is -2.44. The minimum atomic E-state index is -2.90.